The Morgan fingerprint density at radius 2 is 2.00 bits per heavy atom. The Kier molecular flexibility index (Phi) is 4.81. The van der Waals surface area contributed by atoms with Gasteiger partial charge in [0.05, 0.1) is 12.2 Å². The summed E-state index contributed by atoms with van der Waals surface area (Å²) in [5.74, 6) is 1.50. The van der Waals surface area contributed by atoms with Gasteiger partial charge in [-0.2, -0.15) is 0 Å². The first-order chi connectivity index (χ1) is 10.2. The summed E-state index contributed by atoms with van der Waals surface area (Å²) in [4.78, 5) is 0. The third-order valence-corrected chi connectivity index (χ3v) is 4.37. The molecular formula is C18H27NO2. The number of hydrogen-bond donors (Lipinski definition) is 1. The third-order valence-electron chi connectivity index (χ3n) is 4.37. The Hall–Kier alpha value is -1.06. The zero-order valence-electron chi connectivity index (χ0n) is 13.2. The molecule has 1 aliphatic carbocycles. The minimum Gasteiger partial charge on any atom is -0.491 e. The highest BCUT2D eigenvalue weighted by Gasteiger charge is 2.28. The third kappa shape index (κ3) is 4.45. The molecule has 1 N–H and O–H groups in total. The molecule has 2 unspecified atom stereocenters. The average molecular weight is 289 g/mol. The summed E-state index contributed by atoms with van der Waals surface area (Å²) in [5, 5.41) is 3.55. The van der Waals surface area contributed by atoms with Gasteiger partial charge in [-0.05, 0) is 49.3 Å². The maximum atomic E-state index is 6.05. The van der Waals surface area contributed by atoms with Crippen molar-refractivity contribution in [1.29, 1.82) is 0 Å². The van der Waals surface area contributed by atoms with Crippen molar-refractivity contribution in [3.05, 3.63) is 29.8 Å². The molecule has 3 heteroatoms. The zero-order chi connectivity index (χ0) is 14.7. The average Bonchev–Trinajstić information content (AvgIpc) is 3.21. The second kappa shape index (κ2) is 6.80. The van der Waals surface area contributed by atoms with Crippen molar-refractivity contribution in [3.63, 3.8) is 0 Å². The lowest BCUT2D eigenvalue weighted by Crippen LogP contribution is -2.29. The van der Waals surface area contributed by atoms with Crippen LogP contribution in [0.1, 0.15) is 51.0 Å². The summed E-state index contributed by atoms with van der Waals surface area (Å²) >= 11 is 0. The first-order valence-corrected chi connectivity index (χ1v) is 8.32. The molecule has 21 heavy (non-hydrogen) atoms. The topological polar surface area (TPSA) is 30.5 Å². The van der Waals surface area contributed by atoms with Crippen LogP contribution in [-0.4, -0.2) is 31.4 Å². The van der Waals surface area contributed by atoms with Gasteiger partial charge in [0.15, 0.2) is 0 Å². The van der Waals surface area contributed by atoms with E-state index in [-0.39, 0.29) is 6.10 Å². The van der Waals surface area contributed by atoms with Gasteiger partial charge in [-0.25, -0.2) is 0 Å². The minimum absolute atomic E-state index is 0.249. The van der Waals surface area contributed by atoms with Crippen LogP contribution in [0.2, 0.25) is 0 Å². The number of nitrogens with one attached hydrogen (secondary N) is 1. The lowest BCUT2D eigenvalue weighted by Gasteiger charge is -2.16. The van der Waals surface area contributed by atoms with Crippen LogP contribution in [-0.2, 0) is 4.74 Å². The van der Waals surface area contributed by atoms with Crippen LogP contribution in [0.15, 0.2) is 24.3 Å². The van der Waals surface area contributed by atoms with E-state index in [0.717, 1.165) is 31.2 Å². The van der Waals surface area contributed by atoms with Gasteiger partial charge in [-0.1, -0.05) is 26.0 Å². The zero-order valence-corrected chi connectivity index (χ0v) is 13.2. The van der Waals surface area contributed by atoms with Crippen LogP contribution >= 0.6 is 0 Å². The Bertz CT molecular complexity index is 456. The predicted molar refractivity (Wildman–Crippen MR) is 84.9 cm³/mol. The number of hydrogen-bond acceptors (Lipinski definition) is 3. The number of rotatable bonds is 7. The van der Waals surface area contributed by atoms with Gasteiger partial charge in [0.2, 0.25) is 0 Å². The van der Waals surface area contributed by atoms with Crippen LogP contribution in [0.5, 0.6) is 5.75 Å². The van der Waals surface area contributed by atoms with Crippen molar-refractivity contribution in [2.75, 3.05) is 13.2 Å². The van der Waals surface area contributed by atoms with Crippen LogP contribution in [0.3, 0.4) is 0 Å². The number of benzene rings is 1. The molecule has 1 saturated carbocycles. The monoisotopic (exact) mass is 289 g/mol. The lowest BCUT2D eigenvalue weighted by molar-refractivity contribution is 0.0184. The Morgan fingerprint density at radius 1 is 1.19 bits per heavy atom. The Balaban J connectivity index is 1.41. The van der Waals surface area contributed by atoms with E-state index in [1.165, 1.54) is 18.4 Å². The molecular weight excluding hydrogens is 262 g/mol. The van der Waals surface area contributed by atoms with E-state index >= 15 is 0 Å². The van der Waals surface area contributed by atoms with Gasteiger partial charge in [-0.3, -0.25) is 0 Å². The lowest BCUT2D eigenvalue weighted by atomic mass is 10.0. The first-order valence-electron chi connectivity index (χ1n) is 8.32. The Labute approximate surface area is 128 Å². The highest BCUT2D eigenvalue weighted by atomic mass is 16.5. The minimum atomic E-state index is 0.249. The van der Waals surface area contributed by atoms with Gasteiger partial charge in [0.25, 0.3) is 0 Å². The fourth-order valence-corrected chi connectivity index (χ4v) is 2.79. The first kappa shape index (κ1) is 14.9. The molecule has 1 heterocycles. The maximum Gasteiger partial charge on any atom is 0.119 e. The van der Waals surface area contributed by atoms with E-state index in [1.807, 2.05) is 6.07 Å². The quantitative estimate of drug-likeness (QED) is 0.833. The van der Waals surface area contributed by atoms with Gasteiger partial charge < -0.3 is 14.8 Å². The van der Waals surface area contributed by atoms with E-state index in [0.29, 0.717) is 18.6 Å². The highest BCUT2D eigenvalue weighted by molar-refractivity contribution is 5.30. The van der Waals surface area contributed by atoms with Crippen molar-refractivity contribution in [1.82, 2.24) is 5.32 Å². The van der Waals surface area contributed by atoms with E-state index in [1.54, 1.807) is 0 Å². The molecule has 3 rings (SSSR count). The maximum absolute atomic E-state index is 6.05. The second-order valence-corrected chi connectivity index (χ2v) is 6.68. The second-order valence-electron chi connectivity index (χ2n) is 6.68. The van der Waals surface area contributed by atoms with Crippen molar-refractivity contribution in [2.45, 2.75) is 63.7 Å². The summed E-state index contributed by atoms with van der Waals surface area (Å²) in [6.45, 7) is 6.08. The molecule has 116 valence electrons. The van der Waals surface area contributed by atoms with Gasteiger partial charge in [0.1, 0.15) is 12.4 Å². The molecule has 0 spiro atoms. The van der Waals surface area contributed by atoms with Crippen molar-refractivity contribution in [2.24, 2.45) is 0 Å². The molecule has 1 aromatic rings. The van der Waals surface area contributed by atoms with Crippen LogP contribution < -0.4 is 10.1 Å². The molecule has 3 nitrogen and oxygen atoms in total. The van der Waals surface area contributed by atoms with E-state index in [2.05, 4.69) is 37.4 Å². The summed E-state index contributed by atoms with van der Waals surface area (Å²) in [6.07, 6.45) is 5.57. The molecule has 0 aromatic heterocycles. The highest BCUT2D eigenvalue weighted by Crippen LogP contribution is 2.24. The van der Waals surface area contributed by atoms with Crippen LogP contribution in [0.4, 0.5) is 0 Å². The van der Waals surface area contributed by atoms with Crippen molar-refractivity contribution < 1.29 is 9.47 Å². The normalized spacial score (nSPS) is 25.5. The summed E-state index contributed by atoms with van der Waals surface area (Å²) in [6, 6.07) is 9.17. The largest absolute Gasteiger partial charge is 0.491 e. The van der Waals surface area contributed by atoms with Gasteiger partial charge in [0, 0.05) is 12.6 Å². The summed E-state index contributed by atoms with van der Waals surface area (Å²) < 4.78 is 12.0. The van der Waals surface area contributed by atoms with Crippen molar-refractivity contribution >= 4 is 0 Å². The smallest absolute Gasteiger partial charge is 0.119 e. The molecule has 2 aliphatic rings. The molecule has 0 radical (unpaired) electrons. The molecule has 1 aliphatic heterocycles. The molecule has 2 atom stereocenters. The fraction of sp³-hybridized carbons (Fsp3) is 0.667. The standard InChI is InChI=1S/C18H27NO2/c1-13(2)14-4-3-5-16(10-14)20-12-18-9-8-17(21-18)11-19-15-6-7-15/h3-5,10,13,15,17-19H,6-9,11-12H2,1-2H3. The predicted octanol–water partition coefficient (Wildman–Crippen LogP) is 3.49. The number of ether oxygens (including phenoxy) is 2. The summed E-state index contributed by atoms with van der Waals surface area (Å²) in [7, 11) is 0. The van der Waals surface area contributed by atoms with Crippen LogP contribution in [0, 0.1) is 0 Å². The molecule has 0 amide bonds. The molecule has 2 fully saturated rings. The molecule has 1 saturated heterocycles. The molecule has 1 aromatic carbocycles. The van der Waals surface area contributed by atoms with Gasteiger partial charge in [-0.15, -0.1) is 0 Å². The molecule has 0 bridgehead atoms. The van der Waals surface area contributed by atoms with Crippen molar-refractivity contribution in [3.8, 4) is 5.75 Å². The van der Waals surface area contributed by atoms with Gasteiger partial charge >= 0.3 is 0 Å². The Morgan fingerprint density at radius 3 is 2.76 bits per heavy atom. The van der Waals surface area contributed by atoms with E-state index in [4.69, 9.17) is 9.47 Å². The van der Waals surface area contributed by atoms with E-state index in [9.17, 15) is 0 Å². The van der Waals surface area contributed by atoms with Crippen LogP contribution in [0.25, 0.3) is 0 Å². The fourth-order valence-electron chi connectivity index (χ4n) is 2.79. The van der Waals surface area contributed by atoms with E-state index < -0.39 is 0 Å². The summed E-state index contributed by atoms with van der Waals surface area (Å²) in [5.41, 5.74) is 1.33. The SMILES string of the molecule is CC(C)c1cccc(OCC2CCC(CNC3CC3)O2)c1.